The standard InChI is InChI=1S/C6H6F3NO/c1-2-5-10-3-4(11-5)6(7,8)9/h3H,2H2,1H3. The first-order valence-electron chi connectivity index (χ1n) is 3.06. The molecule has 1 heterocycles. The van der Waals surface area contributed by atoms with Crippen LogP contribution in [0.5, 0.6) is 0 Å². The third kappa shape index (κ3) is 1.72. The summed E-state index contributed by atoms with van der Waals surface area (Å²) in [7, 11) is 0. The van der Waals surface area contributed by atoms with Crippen molar-refractivity contribution in [2.24, 2.45) is 0 Å². The second-order valence-electron chi connectivity index (χ2n) is 1.97. The van der Waals surface area contributed by atoms with Gasteiger partial charge in [-0.1, -0.05) is 6.92 Å². The minimum Gasteiger partial charge on any atom is -0.436 e. The van der Waals surface area contributed by atoms with E-state index < -0.39 is 11.9 Å². The Hall–Kier alpha value is -1.00. The van der Waals surface area contributed by atoms with Gasteiger partial charge in [0.1, 0.15) is 0 Å². The summed E-state index contributed by atoms with van der Waals surface area (Å²) in [5.41, 5.74) is 0. The minimum atomic E-state index is -4.42. The van der Waals surface area contributed by atoms with E-state index in [0.717, 1.165) is 0 Å². The van der Waals surface area contributed by atoms with E-state index in [9.17, 15) is 13.2 Å². The second kappa shape index (κ2) is 2.56. The Morgan fingerprint density at radius 2 is 2.18 bits per heavy atom. The fraction of sp³-hybridized carbons (Fsp3) is 0.500. The van der Waals surface area contributed by atoms with Crippen LogP contribution in [0.2, 0.25) is 0 Å². The molecule has 2 nitrogen and oxygen atoms in total. The molecule has 0 saturated heterocycles. The van der Waals surface area contributed by atoms with E-state index in [0.29, 0.717) is 12.6 Å². The summed E-state index contributed by atoms with van der Waals surface area (Å²) in [5, 5.41) is 0. The quantitative estimate of drug-likeness (QED) is 0.637. The zero-order valence-electron chi connectivity index (χ0n) is 5.77. The molecule has 0 aliphatic carbocycles. The number of hydrogen-bond acceptors (Lipinski definition) is 2. The molecule has 0 fully saturated rings. The maximum Gasteiger partial charge on any atom is 0.451 e. The molecule has 0 N–H and O–H groups in total. The average molecular weight is 165 g/mol. The van der Waals surface area contributed by atoms with Gasteiger partial charge in [0.05, 0.1) is 6.20 Å². The van der Waals surface area contributed by atoms with E-state index in [4.69, 9.17) is 0 Å². The van der Waals surface area contributed by atoms with Gasteiger partial charge in [-0.3, -0.25) is 0 Å². The Kier molecular flexibility index (Phi) is 1.89. The zero-order valence-corrected chi connectivity index (χ0v) is 5.77. The molecule has 0 unspecified atom stereocenters. The lowest BCUT2D eigenvalue weighted by Crippen LogP contribution is -2.02. The molecule has 0 amide bonds. The number of rotatable bonds is 1. The van der Waals surface area contributed by atoms with Crippen molar-refractivity contribution in [1.29, 1.82) is 0 Å². The molecule has 0 aromatic carbocycles. The number of aromatic nitrogens is 1. The number of oxazole rings is 1. The second-order valence-corrected chi connectivity index (χ2v) is 1.97. The third-order valence-electron chi connectivity index (χ3n) is 1.14. The molecule has 62 valence electrons. The monoisotopic (exact) mass is 165 g/mol. The lowest BCUT2D eigenvalue weighted by atomic mass is 10.5. The lowest BCUT2D eigenvalue weighted by Gasteiger charge is -1.98. The van der Waals surface area contributed by atoms with Gasteiger partial charge in [-0.05, 0) is 0 Å². The van der Waals surface area contributed by atoms with E-state index in [1.54, 1.807) is 6.92 Å². The highest BCUT2D eigenvalue weighted by atomic mass is 19.4. The smallest absolute Gasteiger partial charge is 0.436 e. The number of nitrogens with zero attached hydrogens (tertiary/aromatic N) is 1. The molecule has 11 heavy (non-hydrogen) atoms. The van der Waals surface area contributed by atoms with Crippen molar-refractivity contribution in [3.05, 3.63) is 17.8 Å². The Bertz CT molecular complexity index is 240. The molecule has 1 aromatic rings. The van der Waals surface area contributed by atoms with Crippen molar-refractivity contribution < 1.29 is 17.6 Å². The number of alkyl halides is 3. The van der Waals surface area contributed by atoms with Crippen LogP contribution in [0.3, 0.4) is 0 Å². The van der Waals surface area contributed by atoms with Crippen molar-refractivity contribution in [1.82, 2.24) is 4.98 Å². The topological polar surface area (TPSA) is 26.0 Å². The predicted octanol–water partition coefficient (Wildman–Crippen LogP) is 2.26. The molecule has 1 aromatic heterocycles. The van der Waals surface area contributed by atoms with Crippen molar-refractivity contribution in [3.63, 3.8) is 0 Å². The first-order valence-corrected chi connectivity index (χ1v) is 3.06. The molecule has 0 saturated carbocycles. The first kappa shape index (κ1) is 8.10. The Balaban J connectivity index is 2.89. The summed E-state index contributed by atoms with van der Waals surface area (Å²) in [6.45, 7) is 1.67. The van der Waals surface area contributed by atoms with Crippen LogP contribution in [0.25, 0.3) is 0 Å². The molecule has 5 heteroatoms. The van der Waals surface area contributed by atoms with Crippen LogP contribution in [-0.2, 0) is 12.6 Å². The van der Waals surface area contributed by atoms with E-state index in [1.807, 2.05) is 0 Å². The van der Waals surface area contributed by atoms with Gasteiger partial charge in [-0.2, -0.15) is 13.2 Å². The number of halogens is 3. The largest absolute Gasteiger partial charge is 0.451 e. The van der Waals surface area contributed by atoms with E-state index in [2.05, 4.69) is 9.40 Å². The molecule has 0 aliphatic heterocycles. The van der Waals surface area contributed by atoms with Crippen LogP contribution in [0.1, 0.15) is 18.6 Å². The Morgan fingerprint density at radius 3 is 2.45 bits per heavy atom. The van der Waals surface area contributed by atoms with Gasteiger partial charge in [0, 0.05) is 6.42 Å². The van der Waals surface area contributed by atoms with E-state index >= 15 is 0 Å². The summed E-state index contributed by atoms with van der Waals surface area (Å²) in [6.07, 6.45) is -3.35. The fourth-order valence-electron chi connectivity index (χ4n) is 0.605. The maximum atomic E-state index is 11.8. The Morgan fingerprint density at radius 1 is 1.55 bits per heavy atom. The van der Waals surface area contributed by atoms with Gasteiger partial charge in [0.25, 0.3) is 0 Å². The summed E-state index contributed by atoms with van der Waals surface area (Å²) in [6, 6.07) is 0. The van der Waals surface area contributed by atoms with Gasteiger partial charge in [-0.15, -0.1) is 0 Å². The van der Waals surface area contributed by atoms with Crippen molar-refractivity contribution in [2.75, 3.05) is 0 Å². The molecule has 1 rings (SSSR count). The summed E-state index contributed by atoms with van der Waals surface area (Å²) in [4.78, 5) is 3.41. The van der Waals surface area contributed by atoms with Crippen LogP contribution >= 0.6 is 0 Å². The minimum absolute atomic E-state index is 0.109. The third-order valence-corrected chi connectivity index (χ3v) is 1.14. The normalized spacial score (nSPS) is 12.0. The summed E-state index contributed by atoms with van der Waals surface area (Å²) in [5.74, 6) is -0.924. The maximum absolute atomic E-state index is 11.8. The molecule has 0 atom stereocenters. The fourth-order valence-corrected chi connectivity index (χ4v) is 0.605. The average Bonchev–Trinajstić information content (AvgIpc) is 2.32. The van der Waals surface area contributed by atoms with Crippen LogP contribution in [0, 0.1) is 0 Å². The SMILES string of the molecule is CCc1ncc(C(F)(F)F)o1. The van der Waals surface area contributed by atoms with Crippen molar-refractivity contribution >= 4 is 0 Å². The molecule has 0 spiro atoms. The lowest BCUT2D eigenvalue weighted by molar-refractivity contribution is -0.153. The van der Waals surface area contributed by atoms with Crippen molar-refractivity contribution in [3.8, 4) is 0 Å². The summed E-state index contributed by atoms with van der Waals surface area (Å²) < 4.78 is 39.8. The molecular formula is C6H6F3NO. The van der Waals surface area contributed by atoms with Gasteiger partial charge in [0.2, 0.25) is 5.76 Å². The molecule has 0 radical (unpaired) electrons. The van der Waals surface area contributed by atoms with Crippen LogP contribution in [0.15, 0.2) is 10.6 Å². The number of aryl methyl sites for hydroxylation is 1. The highest BCUT2D eigenvalue weighted by Crippen LogP contribution is 2.29. The Labute approximate surface area is 61.0 Å². The highest BCUT2D eigenvalue weighted by Gasteiger charge is 2.35. The van der Waals surface area contributed by atoms with Crippen molar-refractivity contribution in [2.45, 2.75) is 19.5 Å². The van der Waals surface area contributed by atoms with E-state index in [1.165, 1.54) is 0 Å². The zero-order chi connectivity index (χ0) is 8.48. The van der Waals surface area contributed by atoms with Gasteiger partial charge < -0.3 is 4.42 Å². The summed E-state index contributed by atoms with van der Waals surface area (Å²) >= 11 is 0. The number of hydrogen-bond donors (Lipinski definition) is 0. The van der Waals surface area contributed by atoms with E-state index in [-0.39, 0.29) is 5.89 Å². The van der Waals surface area contributed by atoms with Gasteiger partial charge >= 0.3 is 6.18 Å². The molecule has 0 aliphatic rings. The predicted molar refractivity (Wildman–Crippen MR) is 30.9 cm³/mol. The highest BCUT2D eigenvalue weighted by molar-refractivity contribution is 4.97. The first-order chi connectivity index (χ1) is 5.04. The van der Waals surface area contributed by atoms with Gasteiger partial charge in [0.15, 0.2) is 5.89 Å². The molecular weight excluding hydrogens is 159 g/mol. The van der Waals surface area contributed by atoms with Crippen LogP contribution in [-0.4, -0.2) is 4.98 Å². The van der Waals surface area contributed by atoms with Gasteiger partial charge in [-0.25, -0.2) is 4.98 Å². The molecule has 0 bridgehead atoms. The van der Waals surface area contributed by atoms with Crippen LogP contribution in [0.4, 0.5) is 13.2 Å². The van der Waals surface area contributed by atoms with Crippen LogP contribution < -0.4 is 0 Å².